The maximum Gasteiger partial charge on any atom is 0.337 e. The average Bonchev–Trinajstić information content (AvgIpc) is 2.39. The minimum atomic E-state index is -0.310. The van der Waals surface area contributed by atoms with Crippen molar-refractivity contribution in [3.05, 3.63) is 29.3 Å². The van der Waals surface area contributed by atoms with Gasteiger partial charge < -0.3 is 14.8 Å². The fraction of sp³-hybridized carbons (Fsp3) is 0.533. The highest BCUT2D eigenvalue weighted by molar-refractivity contribution is 5.90. The summed E-state index contributed by atoms with van der Waals surface area (Å²) in [6.07, 6.45) is 0.904. The monoisotopic (exact) mass is 265 g/mol. The average molecular weight is 265 g/mol. The zero-order chi connectivity index (χ0) is 14.5. The van der Waals surface area contributed by atoms with Crippen molar-refractivity contribution in [2.45, 2.75) is 32.8 Å². The van der Waals surface area contributed by atoms with Crippen LogP contribution in [0.3, 0.4) is 0 Å². The van der Waals surface area contributed by atoms with Gasteiger partial charge in [0, 0.05) is 19.3 Å². The molecule has 0 amide bonds. The Balaban J connectivity index is 2.63. The number of benzene rings is 1. The van der Waals surface area contributed by atoms with Crippen molar-refractivity contribution in [2.24, 2.45) is 0 Å². The number of ether oxygens (including phenoxy) is 2. The van der Waals surface area contributed by atoms with E-state index in [4.69, 9.17) is 9.47 Å². The van der Waals surface area contributed by atoms with Crippen molar-refractivity contribution >= 4 is 11.7 Å². The first-order chi connectivity index (χ1) is 8.89. The van der Waals surface area contributed by atoms with Gasteiger partial charge >= 0.3 is 5.97 Å². The molecule has 1 N–H and O–H groups in total. The molecule has 19 heavy (non-hydrogen) atoms. The molecule has 1 rings (SSSR count). The predicted octanol–water partition coefficient (Wildman–Crippen LogP) is 3.01. The Hall–Kier alpha value is -1.55. The molecular formula is C15H23NO3. The number of aryl methyl sites for hydroxylation is 1. The minimum absolute atomic E-state index is 0.132. The third-order valence-corrected chi connectivity index (χ3v) is 3.24. The number of hydrogen-bond acceptors (Lipinski definition) is 4. The molecule has 1 aromatic carbocycles. The van der Waals surface area contributed by atoms with Gasteiger partial charge in [-0.1, -0.05) is 0 Å². The molecule has 0 fully saturated rings. The van der Waals surface area contributed by atoms with Crippen molar-refractivity contribution in [3.63, 3.8) is 0 Å². The fourth-order valence-corrected chi connectivity index (χ4v) is 1.71. The summed E-state index contributed by atoms with van der Waals surface area (Å²) in [6, 6.07) is 5.50. The van der Waals surface area contributed by atoms with Gasteiger partial charge in [0.2, 0.25) is 0 Å². The van der Waals surface area contributed by atoms with E-state index in [0.29, 0.717) is 5.56 Å². The Morgan fingerprint density at radius 1 is 1.32 bits per heavy atom. The van der Waals surface area contributed by atoms with Gasteiger partial charge in [-0.3, -0.25) is 0 Å². The van der Waals surface area contributed by atoms with Gasteiger partial charge in [0.1, 0.15) is 0 Å². The van der Waals surface area contributed by atoms with Crippen LogP contribution in [0.4, 0.5) is 5.69 Å². The Labute approximate surface area is 115 Å². The van der Waals surface area contributed by atoms with E-state index in [-0.39, 0.29) is 11.6 Å². The Morgan fingerprint density at radius 2 is 2.00 bits per heavy atom. The number of anilines is 1. The molecule has 0 saturated heterocycles. The molecule has 4 heteroatoms. The highest BCUT2D eigenvalue weighted by Crippen LogP contribution is 2.19. The zero-order valence-electron chi connectivity index (χ0n) is 12.4. The smallest absolute Gasteiger partial charge is 0.337 e. The molecule has 0 heterocycles. The maximum atomic E-state index is 11.4. The van der Waals surface area contributed by atoms with Crippen LogP contribution in [0.25, 0.3) is 0 Å². The summed E-state index contributed by atoms with van der Waals surface area (Å²) in [6.45, 7) is 6.90. The lowest BCUT2D eigenvalue weighted by Gasteiger charge is -2.23. The van der Waals surface area contributed by atoms with E-state index >= 15 is 0 Å². The van der Waals surface area contributed by atoms with Gasteiger partial charge in [0.05, 0.1) is 18.3 Å². The number of methoxy groups -OCH3 is 2. The SMILES string of the molecule is COC(=O)c1ccc(NCCC(C)(C)OC)c(C)c1. The highest BCUT2D eigenvalue weighted by Gasteiger charge is 2.15. The first-order valence-corrected chi connectivity index (χ1v) is 6.37. The molecule has 0 saturated carbocycles. The zero-order valence-corrected chi connectivity index (χ0v) is 12.4. The molecular weight excluding hydrogens is 242 g/mol. The third-order valence-electron chi connectivity index (χ3n) is 3.24. The quantitative estimate of drug-likeness (QED) is 0.803. The molecule has 0 aliphatic carbocycles. The summed E-state index contributed by atoms with van der Waals surface area (Å²) >= 11 is 0. The summed E-state index contributed by atoms with van der Waals surface area (Å²) in [5, 5.41) is 3.36. The molecule has 0 bridgehead atoms. The summed E-state index contributed by atoms with van der Waals surface area (Å²) in [7, 11) is 3.10. The topological polar surface area (TPSA) is 47.6 Å². The van der Waals surface area contributed by atoms with E-state index < -0.39 is 0 Å². The van der Waals surface area contributed by atoms with Crippen molar-refractivity contribution < 1.29 is 14.3 Å². The molecule has 0 aliphatic rings. The fourth-order valence-electron chi connectivity index (χ4n) is 1.71. The third kappa shape index (κ3) is 4.56. The standard InChI is InChI=1S/C15H23NO3/c1-11-10-12(14(17)18-4)6-7-13(11)16-9-8-15(2,3)19-5/h6-7,10,16H,8-9H2,1-5H3. The second-order valence-corrected chi connectivity index (χ2v) is 5.16. The largest absolute Gasteiger partial charge is 0.465 e. The van der Waals surface area contributed by atoms with Gasteiger partial charge in [-0.05, 0) is 51.0 Å². The normalized spacial score (nSPS) is 11.2. The van der Waals surface area contributed by atoms with Crippen LogP contribution in [0.2, 0.25) is 0 Å². The minimum Gasteiger partial charge on any atom is -0.465 e. The highest BCUT2D eigenvalue weighted by atomic mass is 16.5. The van der Waals surface area contributed by atoms with Crippen LogP contribution >= 0.6 is 0 Å². The molecule has 0 radical (unpaired) electrons. The van der Waals surface area contributed by atoms with Crippen LogP contribution in [0.1, 0.15) is 36.2 Å². The van der Waals surface area contributed by atoms with E-state index in [2.05, 4.69) is 19.2 Å². The first kappa shape index (κ1) is 15.5. The van der Waals surface area contributed by atoms with Gasteiger partial charge in [0.25, 0.3) is 0 Å². The number of rotatable bonds is 6. The van der Waals surface area contributed by atoms with Crippen molar-refractivity contribution in [2.75, 3.05) is 26.1 Å². The van der Waals surface area contributed by atoms with Gasteiger partial charge in [-0.25, -0.2) is 4.79 Å². The van der Waals surface area contributed by atoms with Gasteiger partial charge in [0.15, 0.2) is 0 Å². The van der Waals surface area contributed by atoms with E-state index in [1.54, 1.807) is 13.2 Å². The van der Waals surface area contributed by atoms with Crippen molar-refractivity contribution in [1.29, 1.82) is 0 Å². The number of carbonyl (C=O) groups is 1. The second kappa shape index (κ2) is 6.57. The van der Waals surface area contributed by atoms with Crippen LogP contribution < -0.4 is 5.32 Å². The summed E-state index contributed by atoms with van der Waals surface area (Å²) in [5.74, 6) is -0.310. The van der Waals surface area contributed by atoms with Crippen LogP contribution in [0.5, 0.6) is 0 Å². The van der Waals surface area contributed by atoms with Crippen LogP contribution in [-0.4, -0.2) is 32.3 Å². The van der Waals surface area contributed by atoms with E-state index in [1.807, 2.05) is 19.1 Å². The van der Waals surface area contributed by atoms with E-state index in [1.165, 1.54) is 7.11 Å². The molecule has 0 spiro atoms. The molecule has 1 aromatic rings. The Bertz CT molecular complexity index is 441. The second-order valence-electron chi connectivity index (χ2n) is 5.16. The van der Waals surface area contributed by atoms with E-state index in [0.717, 1.165) is 24.2 Å². The Morgan fingerprint density at radius 3 is 2.53 bits per heavy atom. The molecule has 0 aromatic heterocycles. The Kier molecular flexibility index (Phi) is 5.36. The van der Waals surface area contributed by atoms with Crippen molar-refractivity contribution in [3.8, 4) is 0 Å². The maximum absolute atomic E-state index is 11.4. The van der Waals surface area contributed by atoms with Crippen molar-refractivity contribution in [1.82, 2.24) is 0 Å². The lowest BCUT2D eigenvalue weighted by atomic mass is 10.0. The predicted molar refractivity (Wildman–Crippen MR) is 76.7 cm³/mol. The number of nitrogens with one attached hydrogen (secondary N) is 1. The van der Waals surface area contributed by atoms with Crippen LogP contribution in [-0.2, 0) is 9.47 Å². The lowest BCUT2D eigenvalue weighted by Crippen LogP contribution is -2.25. The summed E-state index contributed by atoms with van der Waals surface area (Å²) in [5.41, 5.74) is 2.49. The molecule has 0 aliphatic heterocycles. The summed E-state index contributed by atoms with van der Waals surface area (Å²) in [4.78, 5) is 11.4. The lowest BCUT2D eigenvalue weighted by molar-refractivity contribution is 0.0185. The number of hydrogen-bond donors (Lipinski definition) is 1. The van der Waals surface area contributed by atoms with Crippen LogP contribution in [0, 0.1) is 6.92 Å². The number of esters is 1. The van der Waals surface area contributed by atoms with E-state index in [9.17, 15) is 4.79 Å². The number of carbonyl (C=O) groups excluding carboxylic acids is 1. The summed E-state index contributed by atoms with van der Waals surface area (Å²) < 4.78 is 10.1. The first-order valence-electron chi connectivity index (χ1n) is 6.37. The van der Waals surface area contributed by atoms with Gasteiger partial charge in [-0.15, -0.1) is 0 Å². The van der Waals surface area contributed by atoms with Crippen LogP contribution in [0.15, 0.2) is 18.2 Å². The molecule has 0 atom stereocenters. The van der Waals surface area contributed by atoms with Gasteiger partial charge in [-0.2, -0.15) is 0 Å². The molecule has 106 valence electrons. The molecule has 4 nitrogen and oxygen atoms in total. The molecule has 0 unspecified atom stereocenters.